The molecule has 88 valence electrons. The molecule has 0 bridgehead atoms. The van der Waals surface area contributed by atoms with E-state index in [9.17, 15) is 0 Å². The lowest BCUT2D eigenvalue weighted by atomic mass is 10.5. The van der Waals surface area contributed by atoms with Crippen molar-refractivity contribution in [3.8, 4) is 0 Å². The van der Waals surface area contributed by atoms with Crippen LogP contribution in [0.2, 0.25) is 0 Å². The van der Waals surface area contributed by atoms with E-state index in [1.54, 1.807) is 27.4 Å². The van der Waals surface area contributed by atoms with Gasteiger partial charge >= 0.3 is 8.80 Å². The zero-order valence-corrected chi connectivity index (χ0v) is 10.4. The molecule has 0 N–H and O–H groups in total. The topological polar surface area (TPSA) is 49.5 Å². The first-order valence-electron chi connectivity index (χ1n) is 4.73. The molecule has 0 spiro atoms. The first-order chi connectivity index (χ1) is 7.22. The van der Waals surface area contributed by atoms with Crippen LogP contribution in [0, 0.1) is 0 Å². The van der Waals surface area contributed by atoms with Crippen molar-refractivity contribution in [2.45, 2.75) is 11.8 Å². The van der Waals surface area contributed by atoms with E-state index in [1.165, 1.54) is 0 Å². The molecule has 1 heterocycles. The Hall–Kier alpha value is -0.243. The number of rotatable bonds is 8. The van der Waals surface area contributed by atoms with Crippen molar-refractivity contribution in [1.29, 1.82) is 0 Å². The van der Waals surface area contributed by atoms with Gasteiger partial charge in [0.25, 0.3) is 0 Å². The fourth-order valence-electron chi connectivity index (χ4n) is 1.29. The van der Waals surface area contributed by atoms with Crippen molar-refractivity contribution < 1.29 is 22.8 Å². The Bertz CT molecular complexity index is 194. The summed E-state index contributed by atoms with van der Waals surface area (Å²) in [6.07, 6.45) is 1.84. The molecule has 0 amide bonds. The van der Waals surface area contributed by atoms with Crippen LogP contribution < -0.4 is 0 Å². The van der Waals surface area contributed by atoms with Crippen LogP contribution in [0.5, 0.6) is 0 Å². The molecule has 2 atom stereocenters. The molecule has 0 saturated carbocycles. The summed E-state index contributed by atoms with van der Waals surface area (Å²) < 4.78 is 26.5. The molecular formula is C9H18O5Si. The highest BCUT2D eigenvalue weighted by molar-refractivity contribution is 6.62. The molecule has 2 unspecified atom stereocenters. The molecule has 6 heteroatoms. The minimum atomic E-state index is -2.78. The maximum absolute atomic E-state index is 5.60. The van der Waals surface area contributed by atoms with Gasteiger partial charge in [-0.05, 0) is 0 Å². The van der Waals surface area contributed by atoms with Gasteiger partial charge in [0.2, 0.25) is 0 Å². The summed E-state index contributed by atoms with van der Waals surface area (Å²) in [5.41, 5.74) is -0.360. The summed E-state index contributed by atoms with van der Waals surface area (Å²) in [6, 6.07) is 0. The van der Waals surface area contributed by atoms with Gasteiger partial charge in [-0.25, -0.2) is 0 Å². The van der Waals surface area contributed by atoms with Gasteiger partial charge in [-0.1, -0.05) is 6.08 Å². The van der Waals surface area contributed by atoms with Crippen molar-refractivity contribution >= 4 is 8.80 Å². The fraction of sp³-hybridized carbons (Fsp3) is 0.778. The van der Waals surface area contributed by atoms with Gasteiger partial charge in [-0.15, -0.1) is 6.58 Å². The summed E-state index contributed by atoms with van der Waals surface area (Å²) >= 11 is 0. The molecule has 0 aromatic carbocycles. The van der Waals surface area contributed by atoms with Gasteiger partial charge in [0.1, 0.15) is 11.8 Å². The Balaban J connectivity index is 2.54. The standard InChI is InChI=1S/C9H18O5Si/c1-5-9(14-7-8-6-13-8)15(10-2,11-3)12-4/h5,8-9H,1,6-7H2,2-4H3. The third kappa shape index (κ3) is 3.10. The molecule has 0 aliphatic carbocycles. The highest BCUT2D eigenvalue weighted by atomic mass is 28.4. The molecule has 1 aliphatic rings. The quantitative estimate of drug-likeness (QED) is 0.345. The summed E-state index contributed by atoms with van der Waals surface area (Å²) in [4.78, 5) is 0. The van der Waals surface area contributed by atoms with Crippen LogP contribution in [0.4, 0.5) is 0 Å². The average molecular weight is 234 g/mol. The van der Waals surface area contributed by atoms with E-state index < -0.39 is 8.80 Å². The van der Waals surface area contributed by atoms with Crippen LogP contribution in [0.15, 0.2) is 12.7 Å². The van der Waals surface area contributed by atoms with Crippen LogP contribution in [0.1, 0.15) is 0 Å². The molecule has 0 aromatic heterocycles. The Morgan fingerprint density at radius 3 is 2.27 bits per heavy atom. The molecule has 5 nitrogen and oxygen atoms in total. The zero-order chi connectivity index (χ0) is 11.3. The Kier molecular flexibility index (Phi) is 4.90. The lowest BCUT2D eigenvalue weighted by molar-refractivity contribution is 0.0280. The Labute approximate surface area is 91.3 Å². The van der Waals surface area contributed by atoms with Crippen molar-refractivity contribution in [1.82, 2.24) is 0 Å². The van der Waals surface area contributed by atoms with Crippen LogP contribution in [-0.2, 0) is 22.8 Å². The normalized spacial score (nSPS) is 22.5. The summed E-state index contributed by atoms with van der Waals surface area (Å²) in [7, 11) is 1.86. The SMILES string of the molecule is C=CC(OCC1CO1)[Si](OC)(OC)OC. The minimum absolute atomic E-state index is 0.199. The highest BCUT2D eigenvalue weighted by Gasteiger charge is 2.47. The number of hydrogen-bond donors (Lipinski definition) is 0. The summed E-state index contributed by atoms with van der Waals surface area (Å²) in [5.74, 6) is 0. The molecular weight excluding hydrogens is 216 g/mol. The second-order valence-electron chi connectivity index (χ2n) is 3.16. The molecule has 1 aliphatic heterocycles. The fourth-order valence-corrected chi connectivity index (χ4v) is 3.07. The van der Waals surface area contributed by atoms with Crippen molar-refractivity contribution in [2.75, 3.05) is 34.5 Å². The van der Waals surface area contributed by atoms with E-state index in [-0.39, 0.29) is 11.8 Å². The number of hydrogen-bond acceptors (Lipinski definition) is 5. The summed E-state index contributed by atoms with van der Waals surface area (Å²) in [6.45, 7) is 4.97. The van der Waals surface area contributed by atoms with E-state index in [1.807, 2.05) is 0 Å². The van der Waals surface area contributed by atoms with E-state index in [4.69, 9.17) is 22.8 Å². The predicted octanol–water partition coefficient (Wildman–Crippen LogP) is 0.374. The maximum Gasteiger partial charge on any atom is 0.534 e. The molecule has 15 heavy (non-hydrogen) atoms. The smallest absolute Gasteiger partial charge is 0.375 e. The van der Waals surface area contributed by atoms with E-state index in [0.717, 1.165) is 6.61 Å². The third-order valence-electron chi connectivity index (χ3n) is 2.28. The van der Waals surface area contributed by atoms with E-state index in [2.05, 4.69) is 6.58 Å². The lowest BCUT2D eigenvalue weighted by Crippen LogP contribution is -2.55. The lowest BCUT2D eigenvalue weighted by Gasteiger charge is -2.30. The summed E-state index contributed by atoms with van der Waals surface area (Å²) in [5, 5.41) is 0. The van der Waals surface area contributed by atoms with Gasteiger partial charge in [0.05, 0.1) is 13.2 Å². The van der Waals surface area contributed by atoms with Crippen LogP contribution in [0.25, 0.3) is 0 Å². The largest absolute Gasteiger partial charge is 0.534 e. The highest BCUT2D eigenvalue weighted by Crippen LogP contribution is 2.18. The first-order valence-corrected chi connectivity index (χ1v) is 6.53. The van der Waals surface area contributed by atoms with Gasteiger partial charge in [-0.3, -0.25) is 0 Å². The molecule has 0 aromatic rings. The minimum Gasteiger partial charge on any atom is -0.375 e. The molecule has 1 saturated heterocycles. The van der Waals surface area contributed by atoms with Crippen LogP contribution in [-0.4, -0.2) is 55.2 Å². The van der Waals surface area contributed by atoms with Gasteiger partial charge < -0.3 is 22.8 Å². The van der Waals surface area contributed by atoms with Gasteiger partial charge in [-0.2, -0.15) is 0 Å². The van der Waals surface area contributed by atoms with Crippen LogP contribution >= 0.6 is 0 Å². The Morgan fingerprint density at radius 2 is 1.93 bits per heavy atom. The van der Waals surface area contributed by atoms with Gasteiger partial charge in [0, 0.05) is 21.3 Å². The van der Waals surface area contributed by atoms with Gasteiger partial charge in [0.15, 0.2) is 0 Å². The zero-order valence-electron chi connectivity index (χ0n) is 9.39. The maximum atomic E-state index is 5.60. The number of epoxide rings is 1. The second kappa shape index (κ2) is 5.74. The predicted molar refractivity (Wildman–Crippen MR) is 56.5 cm³/mol. The molecule has 1 rings (SSSR count). The third-order valence-corrected chi connectivity index (χ3v) is 5.09. The monoisotopic (exact) mass is 234 g/mol. The van der Waals surface area contributed by atoms with Crippen molar-refractivity contribution in [2.24, 2.45) is 0 Å². The number of ether oxygens (including phenoxy) is 2. The molecule has 0 radical (unpaired) electrons. The average Bonchev–Trinajstić information content (AvgIpc) is 3.09. The molecule has 1 fully saturated rings. The first kappa shape index (κ1) is 12.8. The van der Waals surface area contributed by atoms with E-state index >= 15 is 0 Å². The van der Waals surface area contributed by atoms with Crippen LogP contribution in [0.3, 0.4) is 0 Å². The second-order valence-corrected chi connectivity index (χ2v) is 6.16. The Morgan fingerprint density at radius 1 is 1.40 bits per heavy atom. The van der Waals surface area contributed by atoms with E-state index in [0.29, 0.717) is 6.61 Å². The van der Waals surface area contributed by atoms with Crippen molar-refractivity contribution in [3.05, 3.63) is 12.7 Å². The van der Waals surface area contributed by atoms with Crippen molar-refractivity contribution in [3.63, 3.8) is 0 Å².